The lowest BCUT2D eigenvalue weighted by atomic mass is 10.1. The minimum Gasteiger partial charge on any atom is -0.351 e. The van der Waals surface area contributed by atoms with Crippen LogP contribution in [0.1, 0.15) is 18.5 Å². The molecule has 0 aromatic carbocycles. The molecule has 4 aromatic rings. The van der Waals surface area contributed by atoms with Crippen LogP contribution in [-0.2, 0) is 0 Å². The van der Waals surface area contributed by atoms with Crippen LogP contribution >= 0.6 is 0 Å². The van der Waals surface area contributed by atoms with Crippen LogP contribution in [0.15, 0.2) is 30.7 Å². The van der Waals surface area contributed by atoms with Gasteiger partial charge < -0.3 is 15.2 Å². The fraction of sp³-hybridized carbons (Fsp3) is 0.368. The number of aromatic amines is 1. The lowest BCUT2D eigenvalue weighted by Gasteiger charge is -2.29. The number of aromatic nitrogens is 6. The topological polar surface area (TPSA) is 87.0 Å². The SMILES string of the molecule is Cc1cnc2ccc(-c3c[nH]c4nc(NC5CCN(C)CC5)ncc34)nn12. The van der Waals surface area contributed by atoms with Gasteiger partial charge in [-0.2, -0.15) is 10.1 Å². The summed E-state index contributed by atoms with van der Waals surface area (Å²) in [5.74, 6) is 0.680. The molecule has 0 aliphatic carbocycles. The van der Waals surface area contributed by atoms with E-state index < -0.39 is 0 Å². The van der Waals surface area contributed by atoms with Gasteiger partial charge in [0.2, 0.25) is 5.95 Å². The van der Waals surface area contributed by atoms with Gasteiger partial charge in [-0.15, -0.1) is 0 Å². The van der Waals surface area contributed by atoms with E-state index in [0.29, 0.717) is 12.0 Å². The van der Waals surface area contributed by atoms with Crippen LogP contribution in [0.5, 0.6) is 0 Å². The van der Waals surface area contributed by atoms with Crippen LogP contribution in [0, 0.1) is 6.92 Å². The van der Waals surface area contributed by atoms with E-state index in [1.807, 2.05) is 42.2 Å². The van der Waals surface area contributed by atoms with Crippen molar-refractivity contribution in [1.82, 2.24) is 34.4 Å². The minimum atomic E-state index is 0.432. The molecule has 0 atom stereocenters. The van der Waals surface area contributed by atoms with E-state index in [9.17, 15) is 0 Å². The maximum absolute atomic E-state index is 4.71. The van der Waals surface area contributed by atoms with Crippen molar-refractivity contribution in [1.29, 1.82) is 0 Å². The number of piperidine rings is 1. The third-order valence-corrected chi connectivity index (χ3v) is 5.29. The van der Waals surface area contributed by atoms with Gasteiger partial charge in [0.15, 0.2) is 5.65 Å². The molecular weight excluding hydrogens is 340 g/mol. The summed E-state index contributed by atoms with van der Waals surface area (Å²) in [7, 11) is 2.16. The number of nitrogens with zero attached hydrogens (tertiary/aromatic N) is 6. The molecule has 4 aromatic heterocycles. The molecule has 8 nitrogen and oxygen atoms in total. The highest BCUT2D eigenvalue weighted by molar-refractivity contribution is 5.92. The summed E-state index contributed by atoms with van der Waals surface area (Å²) >= 11 is 0. The van der Waals surface area contributed by atoms with E-state index in [4.69, 9.17) is 5.10 Å². The van der Waals surface area contributed by atoms with Gasteiger partial charge >= 0.3 is 0 Å². The van der Waals surface area contributed by atoms with Crippen molar-refractivity contribution in [3.63, 3.8) is 0 Å². The second-order valence-electron chi connectivity index (χ2n) is 7.27. The number of likely N-dealkylation sites (tertiary alicyclic amines) is 1. The molecule has 2 N–H and O–H groups in total. The monoisotopic (exact) mass is 362 g/mol. The van der Waals surface area contributed by atoms with Gasteiger partial charge in [0.25, 0.3) is 0 Å². The van der Waals surface area contributed by atoms with E-state index in [2.05, 4.69) is 37.2 Å². The van der Waals surface area contributed by atoms with Crippen LogP contribution in [-0.4, -0.2) is 60.6 Å². The number of H-pyrrole nitrogens is 1. The zero-order valence-corrected chi connectivity index (χ0v) is 15.5. The Morgan fingerprint density at radius 1 is 1.15 bits per heavy atom. The third kappa shape index (κ3) is 2.91. The van der Waals surface area contributed by atoms with Gasteiger partial charge in [-0.1, -0.05) is 0 Å². The number of hydrogen-bond donors (Lipinski definition) is 2. The lowest BCUT2D eigenvalue weighted by molar-refractivity contribution is 0.263. The highest BCUT2D eigenvalue weighted by Gasteiger charge is 2.18. The summed E-state index contributed by atoms with van der Waals surface area (Å²) in [6, 6.07) is 4.39. The predicted molar refractivity (Wildman–Crippen MR) is 105 cm³/mol. The first-order valence-corrected chi connectivity index (χ1v) is 9.28. The molecule has 5 heterocycles. The number of imidazole rings is 1. The first kappa shape index (κ1) is 16.2. The van der Waals surface area contributed by atoms with Crippen molar-refractivity contribution in [2.45, 2.75) is 25.8 Å². The molecule has 138 valence electrons. The molecule has 1 fully saturated rings. The van der Waals surface area contributed by atoms with Crippen molar-refractivity contribution in [3.8, 4) is 11.3 Å². The average molecular weight is 362 g/mol. The minimum absolute atomic E-state index is 0.432. The Bertz CT molecular complexity index is 1100. The molecule has 0 spiro atoms. The van der Waals surface area contributed by atoms with E-state index in [-0.39, 0.29) is 0 Å². The van der Waals surface area contributed by atoms with Crippen LogP contribution < -0.4 is 5.32 Å². The number of aryl methyl sites for hydroxylation is 1. The van der Waals surface area contributed by atoms with Gasteiger partial charge in [-0.3, -0.25) is 0 Å². The summed E-state index contributed by atoms with van der Waals surface area (Å²) in [5.41, 5.74) is 4.53. The molecule has 0 unspecified atom stereocenters. The zero-order valence-electron chi connectivity index (χ0n) is 15.5. The van der Waals surface area contributed by atoms with Crippen LogP contribution in [0.2, 0.25) is 0 Å². The Balaban J connectivity index is 1.45. The molecule has 1 saturated heterocycles. The van der Waals surface area contributed by atoms with E-state index >= 15 is 0 Å². The van der Waals surface area contributed by atoms with Crippen molar-refractivity contribution in [2.75, 3.05) is 25.5 Å². The molecular formula is C19H22N8. The molecule has 0 radical (unpaired) electrons. The molecule has 8 heteroatoms. The Kier molecular flexibility index (Phi) is 3.78. The van der Waals surface area contributed by atoms with E-state index in [1.54, 1.807) is 0 Å². The third-order valence-electron chi connectivity index (χ3n) is 5.29. The average Bonchev–Trinajstić information content (AvgIpc) is 3.27. The molecule has 0 bridgehead atoms. The maximum Gasteiger partial charge on any atom is 0.224 e. The van der Waals surface area contributed by atoms with Crippen molar-refractivity contribution in [3.05, 3.63) is 36.4 Å². The van der Waals surface area contributed by atoms with Crippen LogP contribution in [0.25, 0.3) is 27.9 Å². The largest absolute Gasteiger partial charge is 0.351 e. The molecule has 5 rings (SSSR count). The van der Waals surface area contributed by atoms with Gasteiger partial charge in [0.05, 0.1) is 17.6 Å². The smallest absolute Gasteiger partial charge is 0.224 e. The number of anilines is 1. The summed E-state index contributed by atoms with van der Waals surface area (Å²) in [5, 5.41) is 9.15. The highest BCUT2D eigenvalue weighted by atomic mass is 15.3. The van der Waals surface area contributed by atoms with E-state index in [0.717, 1.165) is 59.6 Å². The standard InChI is InChI=1S/C19H22N8/c1-12-9-20-17-4-3-16(25-27(12)17)14-10-21-18-15(14)11-22-19(24-18)23-13-5-7-26(2)8-6-13/h3-4,9-11,13H,5-8H2,1-2H3,(H2,21,22,23,24). The Hall–Kier alpha value is -3.00. The Morgan fingerprint density at radius 3 is 2.85 bits per heavy atom. The Labute approximate surface area is 156 Å². The molecule has 1 aliphatic rings. The maximum atomic E-state index is 4.71. The first-order chi connectivity index (χ1) is 13.2. The number of rotatable bonds is 3. The van der Waals surface area contributed by atoms with E-state index in [1.165, 1.54) is 0 Å². The Morgan fingerprint density at radius 2 is 2.00 bits per heavy atom. The number of hydrogen-bond acceptors (Lipinski definition) is 6. The number of nitrogens with one attached hydrogen (secondary N) is 2. The normalized spacial score (nSPS) is 16.4. The van der Waals surface area contributed by atoms with Crippen molar-refractivity contribution < 1.29 is 0 Å². The fourth-order valence-corrected chi connectivity index (χ4v) is 3.66. The highest BCUT2D eigenvalue weighted by Crippen LogP contribution is 2.27. The van der Waals surface area contributed by atoms with Gasteiger partial charge in [-0.05, 0) is 52.0 Å². The molecule has 0 saturated carbocycles. The van der Waals surface area contributed by atoms with Crippen molar-refractivity contribution >= 4 is 22.6 Å². The summed E-state index contributed by atoms with van der Waals surface area (Å²) in [6.45, 7) is 4.21. The fourth-order valence-electron chi connectivity index (χ4n) is 3.66. The molecule has 1 aliphatic heterocycles. The quantitative estimate of drug-likeness (QED) is 0.582. The lowest BCUT2D eigenvalue weighted by Crippen LogP contribution is -2.37. The van der Waals surface area contributed by atoms with Crippen molar-refractivity contribution in [2.24, 2.45) is 0 Å². The zero-order chi connectivity index (χ0) is 18.4. The second-order valence-corrected chi connectivity index (χ2v) is 7.27. The molecule has 0 amide bonds. The number of fused-ring (bicyclic) bond motifs is 2. The summed E-state index contributed by atoms with van der Waals surface area (Å²) in [4.78, 5) is 19.2. The van der Waals surface area contributed by atoms with Gasteiger partial charge in [0, 0.05) is 29.4 Å². The predicted octanol–water partition coefficient (Wildman–Crippen LogP) is 2.48. The summed E-state index contributed by atoms with van der Waals surface area (Å²) < 4.78 is 1.85. The summed E-state index contributed by atoms with van der Waals surface area (Å²) in [6.07, 6.45) is 7.87. The first-order valence-electron chi connectivity index (χ1n) is 9.28. The molecule has 27 heavy (non-hydrogen) atoms. The van der Waals surface area contributed by atoms with Gasteiger partial charge in [0.1, 0.15) is 5.65 Å². The van der Waals surface area contributed by atoms with Crippen LogP contribution in [0.3, 0.4) is 0 Å². The van der Waals surface area contributed by atoms with Gasteiger partial charge in [-0.25, -0.2) is 14.5 Å². The second kappa shape index (κ2) is 6.31. The van der Waals surface area contributed by atoms with Crippen LogP contribution in [0.4, 0.5) is 5.95 Å².